The summed E-state index contributed by atoms with van der Waals surface area (Å²) in [5.74, 6) is 0.614. The van der Waals surface area contributed by atoms with Crippen LogP contribution >= 0.6 is 0 Å². The third-order valence-corrected chi connectivity index (χ3v) is 3.84. The van der Waals surface area contributed by atoms with Gasteiger partial charge < -0.3 is 10.6 Å². The van der Waals surface area contributed by atoms with Crippen LogP contribution in [0.2, 0.25) is 0 Å². The molecule has 0 saturated carbocycles. The lowest BCUT2D eigenvalue weighted by Crippen LogP contribution is -2.38. The predicted octanol–water partition coefficient (Wildman–Crippen LogP) is 3.44. The number of aryl methyl sites for hydroxylation is 1. The maximum absolute atomic E-state index is 5.95. The average molecular weight is 265 g/mol. The fourth-order valence-electron chi connectivity index (χ4n) is 2.64. The third-order valence-electron chi connectivity index (χ3n) is 3.84. The molecular weight excluding hydrogens is 246 g/mol. The summed E-state index contributed by atoms with van der Waals surface area (Å²) in [6, 6.07) is 14.9. The molecule has 0 aromatic heterocycles. The van der Waals surface area contributed by atoms with E-state index in [0.29, 0.717) is 5.96 Å². The summed E-state index contributed by atoms with van der Waals surface area (Å²) in [6.45, 7) is 5.95. The zero-order chi connectivity index (χ0) is 14.1. The first kappa shape index (κ1) is 12.7. The number of guanidine groups is 1. The minimum Gasteiger partial charge on any atom is -0.369 e. The summed E-state index contributed by atoms with van der Waals surface area (Å²) in [6.07, 6.45) is 0. The minimum atomic E-state index is 0.614. The predicted molar refractivity (Wildman–Crippen MR) is 84.0 cm³/mol. The van der Waals surface area contributed by atoms with E-state index in [1.807, 2.05) is 0 Å². The Labute approximate surface area is 119 Å². The number of fused-ring (bicyclic) bond motifs is 1. The van der Waals surface area contributed by atoms with Gasteiger partial charge in [-0.2, -0.15) is 0 Å². The van der Waals surface area contributed by atoms with Crippen molar-refractivity contribution in [2.24, 2.45) is 10.7 Å². The van der Waals surface area contributed by atoms with Gasteiger partial charge in [-0.25, -0.2) is 4.99 Å². The molecule has 102 valence electrons. The highest BCUT2D eigenvalue weighted by Gasteiger charge is 2.16. The molecule has 3 nitrogen and oxygen atoms in total. The SMILES string of the molecule is CCN1Cc2cc(-c3ccccc3C)ccc2N=C1N. The number of benzene rings is 2. The van der Waals surface area contributed by atoms with E-state index in [9.17, 15) is 0 Å². The van der Waals surface area contributed by atoms with Crippen LogP contribution in [0.25, 0.3) is 11.1 Å². The first-order valence-electron chi connectivity index (χ1n) is 6.97. The highest BCUT2D eigenvalue weighted by Crippen LogP contribution is 2.31. The molecule has 3 rings (SSSR count). The zero-order valence-corrected chi connectivity index (χ0v) is 11.9. The van der Waals surface area contributed by atoms with E-state index < -0.39 is 0 Å². The van der Waals surface area contributed by atoms with Crippen molar-refractivity contribution in [3.63, 3.8) is 0 Å². The molecule has 0 fully saturated rings. The van der Waals surface area contributed by atoms with E-state index in [4.69, 9.17) is 5.73 Å². The Balaban J connectivity index is 2.05. The maximum Gasteiger partial charge on any atom is 0.196 e. The Bertz CT molecular complexity index is 674. The molecule has 2 aromatic carbocycles. The maximum atomic E-state index is 5.95. The fraction of sp³-hybridized carbons (Fsp3) is 0.235. The van der Waals surface area contributed by atoms with Gasteiger partial charge in [-0.05, 0) is 48.2 Å². The second kappa shape index (κ2) is 5.00. The summed E-state index contributed by atoms with van der Waals surface area (Å²) in [5.41, 5.74) is 12.0. The molecule has 3 heteroatoms. The van der Waals surface area contributed by atoms with E-state index in [1.165, 1.54) is 22.3 Å². The highest BCUT2D eigenvalue weighted by atomic mass is 15.3. The standard InChI is InChI=1S/C17H19N3/c1-3-20-11-14-10-13(8-9-16(14)19-17(20)18)15-7-5-4-6-12(15)2/h4-10H,3,11H2,1-2H3,(H2,18,19). The van der Waals surface area contributed by atoms with E-state index in [-0.39, 0.29) is 0 Å². The molecule has 0 aliphatic carbocycles. The third kappa shape index (κ3) is 2.16. The van der Waals surface area contributed by atoms with Crippen molar-refractivity contribution in [1.29, 1.82) is 0 Å². The van der Waals surface area contributed by atoms with Gasteiger partial charge in [0.15, 0.2) is 5.96 Å². The lowest BCUT2D eigenvalue weighted by atomic mass is 9.97. The molecule has 1 aliphatic rings. The van der Waals surface area contributed by atoms with E-state index in [1.54, 1.807) is 0 Å². The molecule has 20 heavy (non-hydrogen) atoms. The first-order chi connectivity index (χ1) is 9.69. The molecular formula is C17H19N3. The Morgan fingerprint density at radius 3 is 2.75 bits per heavy atom. The minimum absolute atomic E-state index is 0.614. The summed E-state index contributed by atoms with van der Waals surface area (Å²) in [4.78, 5) is 6.56. The van der Waals surface area contributed by atoms with Crippen LogP contribution in [0.15, 0.2) is 47.5 Å². The quantitative estimate of drug-likeness (QED) is 0.903. The zero-order valence-electron chi connectivity index (χ0n) is 11.9. The van der Waals surface area contributed by atoms with E-state index in [2.05, 4.69) is 66.2 Å². The van der Waals surface area contributed by atoms with Crippen LogP contribution in [-0.2, 0) is 6.54 Å². The van der Waals surface area contributed by atoms with Gasteiger partial charge in [0.25, 0.3) is 0 Å². The van der Waals surface area contributed by atoms with Crippen molar-refractivity contribution < 1.29 is 0 Å². The molecule has 2 aromatic rings. The van der Waals surface area contributed by atoms with Crippen molar-refractivity contribution >= 4 is 11.6 Å². The van der Waals surface area contributed by atoms with Gasteiger partial charge >= 0.3 is 0 Å². The summed E-state index contributed by atoms with van der Waals surface area (Å²) in [7, 11) is 0. The smallest absolute Gasteiger partial charge is 0.196 e. The molecule has 0 spiro atoms. The topological polar surface area (TPSA) is 41.6 Å². The summed E-state index contributed by atoms with van der Waals surface area (Å²) < 4.78 is 0. The van der Waals surface area contributed by atoms with Crippen LogP contribution in [0, 0.1) is 6.92 Å². The Hall–Kier alpha value is -2.29. The largest absolute Gasteiger partial charge is 0.369 e. The summed E-state index contributed by atoms with van der Waals surface area (Å²) >= 11 is 0. The number of hydrogen-bond donors (Lipinski definition) is 1. The van der Waals surface area contributed by atoms with Crippen LogP contribution in [0.5, 0.6) is 0 Å². The molecule has 1 heterocycles. The average Bonchev–Trinajstić information content (AvgIpc) is 2.46. The van der Waals surface area contributed by atoms with Crippen LogP contribution in [0.1, 0.15) is 18.1 Å². The monoisotopic (exact) mass is 265 g/mol. The molecule has 1 aliphatic heterocycles. The second-order valence-corrected chi connectivity index (χ2v) is 5.14. The highest BCUT2D eigenvalue weighted by molar-refractivity contribution is 5.84. The Morgan fingerprint density at radius 2 is 2.00 bits per heavy atom. The van der Waals surface area contributed by atoms with Gasteiger partial charge in [0.05, 0.1) is 5.69 Å². The van der Waals surface area contributed by atoms with E-state index >= 15 is 0 Å². The van der Waals surface area contributed by atoms with E-state index in [0.717, 1.165) is 18.8 Å². The van der Waals surface area contributed by atoms with Gasteiger partial charge in [-0.1, -0.05) is 30.3 Å². The van der Waals surface area contributed by atoms with Gasteiger partial charge in [0.1, 0.15) is 0 Å². The lowest BCUT2D eigenvalue weighted by Gasteiger charge is -2.27. The van der Waals surface area contributed by atoms with Gasteiger partial charge in [-0.3, -0.25) is 0 Å². The second-order valence-electron chi connectivity index (χ2n) is 5.14. The molecule has 0 radical (unpaired) electrons. The number of hydrogen-bond acceptors (Lipinski definition) is 3. The molecule has 2 N–H and O–H groups in total. The van der Waals surface area contributed by atoms with Gasteiger partial charge in [-0.15, -0.1) is 0 Å². The number of nitrogens with two attached hydrogens (primary N) is 1. The van der Waals surface area contributed by atoms with Gasteiger partial charge in [0, 0.05) is 13.1 Å². The summed E-state index contributed by atoms with van der Waals surface area (Å²) in [5, 5.41) is 0. The Morgan fingerprint density at radius 1 is 1.20 bits per heavy atom. The normalized spacial score (nSPS) is 13.9. The van der Waals surface area contributed by atoms with Crippen molar-refractivity contribution in [2.45, 2.75) is 20.4 Å². The Kier molecular flexibility index (Phi) is 3.18. The van der Waals surface area contributed by atoms with Crippen LogP contribution in [-0.4, -0.2) is 17.4 Å². The molecule has 0 amide bonds. The molecule has 0 bridgehead atoms. The van der Waals surface area contributed by atoms with Crippen molar-refractivity contribution in [3.05, 3.63) is 53.6 Å². The molecule has 0 saturated heterocycles. The lowest BCUT2D eigenvalue weighted by molar-refractivity contribution is 0.424. The molecule has 0 unspecified atom stereocenters. The number of rotatable bonds is 2. The van der Waals surface area contributed by atoms with Crippen LogP contribution < -0.4 is 5.73 Å². The van der Waals surface area contributed by atoms with Crippen molar-refractivity contribution in [3.8, 4) is 11.1 Å². The van der Waals surface area contributed by atoms with Crippen molar-refractivity contribution in [1.82, 2.24) is 4.90 Å². The molecule has 0 atom stereocenters. The van der Waals surface area contributed by atoms with Gasteiger partial charge in [0.2, 0.25) is 0 Å². The van der Waals surface area contributed by atoms with Crippen LogP contribution in [0.4, 0.5) is 5.69 Å². The first-order valence-corrected chi connectivity index (χ1v) is 6.97. The number of nitrogens with zero attached hydrogens (tertiary/aromatic N) is 2. The fourth-order valence-corrected chi connectivity index (χ4v) is 2.64. The van der Waals surface area contributed by atoms with Crippen molar-refractivity contribution in [2.75, 3.05) is 6.54 Å². The number of aliphatic imine (C=N–C) groups is 1. The van der Waals surface area contributed by atoms with Crippen LogP contribution in [0.3, 0.4) is 0 Å².